The predicted octanol–water partition coefficient (Wildman–Crippen LogP) is 3.23. The summed E-state index contributed by atoms with van der Waals surface area (Å²) in [5, 5.41) is 5.20. The molecule has 2 heterocycles. The lowest BCUT2D eigenvalue weighted by Crippen LogP contribution is -2.43. The summed E-state index contributed by atoms with van der Waals surface area (Å²) in [5.41, 5.74) is 1.08. The molecule has 5 nitrogen and oxygen atoms in total. The molecule has 1 saturated heterocycles. The highest BCUT2D eigenvalue weighted by atomic mass is 32.1. The van der Waals surface area contributed by atoms with E-state index in [2.05, 4.69) is 10.2 Å². The SMILES string of the molecule is CCOC(=O)C1CCN(CC(=O)N[C@@H](c2ccccc2)c2cccs2)CC1. The number of piperidine rings is 1. The average molecular weight is 387 g/mol. The second-order valence-electron chi connectivity index (χ2n) is 6.73. The summed E-state index contributed by atoms with van der Waals surface area (Å²) in [5.74, 6) is -0.136. The fraction of sp³-hybridized carbons (Fsp3) is 0.429. The Hall–Kier alpha value is -2.18. The second kappa shape index (κ2) is 9.67. The molecule has 0 aliphatic carbocycles. The van der Waals surface area contributed by atoms with Crippen LogP contribution < -0.4 is 5.32 Å². The molecule has 1 amide bonds. The first-order valence-corrected chi connectivity index (χ1v) is 10.3. The van der Waals surface area contributed by atoms with Gasteiger partial charge in [-0.25, -0.2) is 0 Å². The molecule has 0 saturated carbocycles. The van der Waals surface area contributed by atoms with Gasteiger partial charge < -0.3 is 10.1 Å². The molecular formula is C21H26N2O3S. The average Bonchev–Trinajstić information content (AvgIpc) is 3.22. The van der Waals surface area contributed by atoms with Crippen molar-refractivity contribution in [2.45, 2.75) is 25.8 Å². The molecular weight excluding hydrogens is 360 g/mol. The predicted molar refractivity (Wildman–Crippen MR) is 107 cm³/mol. The Morgan fingerprint density at radius 2 is 1.93 bits per heavy atom. The number of ether oxygens (including phenoxy) is 1. The van der Waals surface area contributed by atoms with Gasteiger partial charge in [0, 0.05) is 4.88 Å². The molecule has 1 atom stereocenters. The van der Waals surface area contributed by atoms with Crippen LogP contribution in [-0.4, -0.2) is 43.0 Å². The van der Waals surface area contributed by atoms with Crippen molar-refractivity contribution in [1.82, 2.24) is 10.2 Å². The highest BCUT2D eigenvalue weighted by molar-refractivity contribution is 7.10. The lowest BCUT2D eigenvalue weighted by Gasteiger charge is -2.30. The highest BCUT2D eigenvalue weighted by Gasteiger charge is 2.27. The normalized spacial score (nSPS) is 16.6. The van der Waals surface area contributed by atoms with Crippen molar-refractivity contribution >= 4 is 23.2 Å². The first kappa shape index (κ1) is 19.6. The van der Waals surface area contributed by atoms with Crippen LogP contribution in [0.15, 0.2) is 47.8 Å². The molecule has 0 spiro atoms. The molecule has 2 aromatic rings. The van der Waals surface area contributed by atoms with Crippen molar-refractivity contribution < 1.29 is 14.3 Å². The number of likely N-dealkylation sites (tertiary alicyclic amines) is 1. The number of esters is 1. The number of rotatable bonds is 7. The molecule has 1 aromatic heterocycles. The van der Waals surface area contributed by atoms with E-state index in [1.165, 1.54) is 0 Å². The quantitative estimate of drug-likeness (QED) is 0.743. The summed E-state index contributed by atoms with van der Waals surface area (Å²) in [6.45, 7) is 4.08. The van der Waals surface area contributed by atoms with Gasteiger partial charge in [-0.15, -0.1) is 11.3 Å². The van der Waals surface area contributed by atoms with Crippen molar-refractivity contribution in [2.75, 3.05) is 26.2 Å². The minimum atomic E-state index is -0.129. The zero-order valence-corrected chi connectivity index (χ0v) is 16.4. The molecule has 1 aromatic carbocycles. The zero-order chi connectivity index (χ0) is 19.1. The van der Waals surface area contributed by atoms with E-state index >= 15 is 0 Å². The number of nitrogens with zero attached hydrogens (tertiary/aromatic N) is 1. The van der Waals surface area contributed by atoms with Crippen LogP contribution in [0.4, 0.5) is 0 Å². The molecule has 1 aliphatic heterocycles. The number of nitrogens with one attached hydrogen (secondary N) is 1. The molecule has 144 valence electrons. The fourth-order valence-corrected chi connectivity index (χ4v) is 4.22. The summed E-state index contributed by atoms with van der Waals surface area (Å²) in [4.78, 5) is 27.7. The summed E-state index contributed by atoms with van der Waals surface area (Å²) in [6.07, 6.45) is 1.50. The van der Waals surface area contributed by atoms with E-state index in [4.69, 9.17) is 4.74 Å². The highest BCUT2D eigenvalue weighted by Crippen LogP contribution is 2.26. The largest absolute Gasteiger partial charge is 0.466 e. The lowest BCUT2D eigenvalue weighted by atomic mass is 9.97. The number of hydrogen-bond donors (Lipinski definition) is 1. The van der Waals surface area contributed by atoms with Gasteiger partial charge in [0.25, 0.3) is 0 Å². The summed E-state index contributed by atoms with van der Waals surface area (Å²) in [7, 11) is 0. The van der Waals surface area contributed by atoms with Gasteiger partial charge in [-0.3, -0.25) is 14.5 Å². The van der Waals surface area contributed by atoms with E-state index in [1.807, 2.05) is 54.8 Å². The Bertz CT molecular complexity index is 725. The molecule has 3 rings (SSSR count). The van der Waals surface area contributed by atoms with Crippen molar-refractivity contribution in [3.8, 4) is 0 Å². The Balaban J connectivity index is 1.56. The van der Waals surface area contributed by atoms with Gasteiger partial charge in [0.15, 0.2) is 0 Å². The number of carbonyl (C=O) groups excluding carboxylic acids is 2. The topological polar surface area (TPSA) is 58.6 Å². The van der Waals surface area contributed by atoms with Crippen LogP contribution in [0.3, 0.4) is 0 Å². The molecule has 0 radical (unpaired) electrons. The number of carbonyl (C=O) groups is 2. The summed E-state index contributed by atoms with van der Waals surface area (Å²) < 4.78 is 5.11. The maximum Gasteiger partial charge on any atom is 0.309 e. The molecule has 0 unspecified atom stereocenters. The molecule has 1 aliphatic rings. The minimum Gasteiger partial charge on any atom is -0.466 e. The van der Waals surface area contributed by atoms with Gasteiger partial charge >= 0.3 is 5.97 Å². The van der Waals surface area contributed by atoms with Crippen molar-refractivity contribution in [3.63, 3.8) is 0 Å². The Labute approximate surface area is 164 Å². The third-order valence-electron chi connectivity index (χ3n) is 4.84. The Kier molecular flexibility index (Phi) is 7.01. The number of hydrogen-bond acceptors (Lipinski definition) is 5. The van der Waals surface area contributed by atoms with E-state index in [0.717, 1.165) is 36.4 Å². The molecule has 6 heteroatoms. The molecule has 0 bridgehead atoms. The maximum absolute atomic E-state index is 12.7. The van der Waals surface area contributed by atoms with E-state index in [1.54, 1.807) is 11.3 Å². The summed E-state index contributed by atoms with van der Waals surface area (Å²) in [6, 6.07) is 14.0. The first-order valence-electron chi connectivity index (χ1n) is 9.44. The fourth-order valence-electron chi connectivity index (χ4n) is 3.42. The van der Waals surface area contributed by atoms with Crippen LogP contribution in [0.1, 0.15) is 36.2 Å². The van der Waals surface area contributed by atoms with Crippen LogP contribution in [0, 0.1) is 5.92 Å². The van der Waals surface area contributed by atoms with E-state index in [0.29, 0.717) is 13.2 Å². The maximum atomic E-state index is 12.7. The van der Waals surface area contributed by atoms with Gasteiger partial charge in [-0.1, -0.05) is 36.4 Å². The Morgan fingerprint density at radius 1 is 1.19 bits per heavy atom. The Morgan fingerprint density at radius 3 is 2.56 bits per heavy atom. The standard InChI is InChI=1S/C21H26N2O3S/c1-2-26-21(25)17-10-12-23(13-11-17)15-19(24)22-20(18-9-6-14-27-18)16-7-4-3-5-8-16/h3-9,14,17,20H,2,10-13,15H2,1H3,(H,22,24)/t20-/m0/s1. The van der Waals surface area contributed by atoms with E-state index in [9.17, 15) is 9.59 Å². The first-order chi connectivity index (χ1) is 13.2. The molecule has 27 heavy (non-hydrogen) atoms. The molecule has 1 N–H and O–H groups in total. The van der Waals surface area contributed by atoms with Crippen molar-refractivity contribution in [2.24, 2.45) is 5.92 Å². The van der Waals surface area contributed by atoms with Crippen LogP contribution >= 0.6 is 11.3 Å². The van der Waals surface area contributed by atoms with Gasteiger partial charge in [0.1, 0.15) is 0 Å². The number of amides is 1. The van der Waals surface area contributed by atoms with Gasteiger partial charge in [-0.2, -0.15) is 0 Å². The third kappa shape index (κ3) is 5.40. The van der Waals surface area contributed by atoms with Gasteiger partial charge in [-0.05, 0) is 49.9 Å². The smallest absolute Gasteiger partial charge is 0.309 e. The zero-order valence-electron chi connectivity index (χ0n) is 15.6. The minimum absolute atomic E-state index is 0.00633. The van der Waals surface area contributed by atoms with Crippen LogP contribution in [0.2, 0.25) is 0 Å². The third-order valence-corrected chi connectivity index (χ3v) is 5.78. The van der Waals surface area contributed by atoms with E-state index < -0.39 is 0 Å². The lowest BCUT2D eigenvalue weighted by molar-refractivity contribution is -0.149. The second-order valence-corrected chi connectivity index (χ2v) is 7.71. The van der Waals surface area contributed by atoms with Crippen LogP contribution in [0.25, 0.3) is 0 Å². The number of benzene rings is 1. The molecule has 1 fully saturated rings. The van der Waals surface area contributed by atoms with Crippen LogP contribution in [0.5, 0.6) is 0 Å². The van der Waals surface area contributed by atoms with Gasteiger partial charge in [0.2, 0.25) is 5.91 Å². The van der Waals surface area contributed by atoms with Crippen molar-refractivity contribution in [1.29, 1.82) is 0 Å². The number of thiophene rings is 1. The monoisotopic (exact) mass is 386 g/mol. The van der Waals surface area contributed by atoms with Gasteiger partial charge in [0.05, 0.1) is 25.1 Å². The van der Waals surface area contributed by atoms with Crippen LogP contribution in [-0.2, 0) is 14.3 Å². The van der Waals surface area contributed by atoms with E-state index in [-0.39, 0.29) is 23.8 Å². The van der Waals surface area contributed by atoms with Crippen molar-refractivity contribution in [3.05, 3.63) is 58.3 Å². The summed E-state index contributed by atoms with van der Waals surface area (Å²) >= 11 is 1.64.